The van der Waals surface area contributed by atoms with Crippen LogP contribution >= 0.6 is 11.6 Å². The maximum Gasteiger partial charge on any atom is 0.347 e. The molecule has 0 saturated heterocycles. The van der Waals surface area contributed by atoms with Crippen LogP contribution in [0.3, 0.4) is 0 Å². The van der Waals surface area contributed by atoms with Crippen LogP contribution in [0.1, 0.15) is 49.0 Å². The Bertz CT molecular complexity index is 805. The molecule has 2 aromatic rings. The number of anilines is 1. The van der Waals surface area contributed by atoms with Crippen LogP contribution < -0.4 is 10.1 Å². The van der Waals surface area contributed by atoms with Crippen molar-refractivity contribution < 1.29 is 19.1 Å². The van der Waals surface area contributed by atoms with Crippen LogP contribution in [0.15, 0.2) is 42.5 Å². The lowest BCUT2D eigenvalue weighted by atomic mass is 10.1. The smallest absolute Gasteiger partial charge is 0.347 e. The van der Waals surface area contributed by atoms with Gasteiger partial charge in [-0.3, -0.25) is 4.79 Å². The van der Waals surface area contributed by atoms with Crippen LogP contribution in [0.2, 0.25) is 5.02 Å². The number of hydrogen-bond acceptors (Lipinski definition) is 4. The number of nitrogens with one attached hydrogen (secondary N) is 1. The lowest BCUT2D eigenvalue weighted by Gasteiger charge is -2.14. The summed E-state index contributed by atoms with van der Waals surface area (Å²) in [7, 11) is 0. The molecule has 0 aliphatic heterocycles. The molecule has 0 bridgehead atoms. The Balaban J connectivity index is 1.91. The molecule has 0 aromatic heterocycles. The normalized spacial score (nSPS) is 11.6. The molecular formula is C22H26ClNO4. The zero-order valence-electron chi connectivity index (χ0n) is 16.5. The molecule has 6 heteroatoms. The summed E-state index contributed by atoms with van der Waals surface area (Å²) in [5.41, 5.74) is 1.95. The Kier molecular flexibility index (Phi) is 8.33. The monoisotopic (exact) mass is 403 g/mol. The number of unbranched alkanes of at least 4 members (excludes halogenated alkanes) is 2. The van der Waals surface area contributed by atoms with Crippen LogP contribution in [0.4, 0.5) is 5.69 Å². The second kappa shape index (κ2) is 10.7. The van der Waals surface area contributed by atoms with Crippen LogP contribution in [0.5, 0.6) is 5.75 Å². The summed E-state index contributed by atoms with van der Waals surface area (Å²) in [6, 6.07) is 11.9. The van der Waals surface area contributed by atoms with Gasteiger partial charge in [0.1, 0.15) is 5.75 Å². The fourth-order valence-corrected chi connectivity index (χ4v) is 2.69. The molecule has 0 radical (unpaired) electrons. The van der Waals surface area contributed by atoms with Gasteiger partial charge in [-0.15, -0.1) is 0 Å². The van der Waals surface area contributed by atoms with E-state index in [0.29, 0.717) is 28.6 Å². The van der Waals surface area contributed by atoms with Crippen molar-refractivity contribution in [2.75, 3.05) is 11.9 Å². The topological polar surface area (TPSA) is 64.6 Å². The summed E-state index contributed by atoms with van der Waals surface area (Å²) >= 11 is 6.08. The van der Waals surface area contributed by atoms with Crippen molar-refractivity contribution in [2.24, 2.45) is 0 Å². The molecule has 1 amide bonds. The van der Waals surface area contributed by atoms with E-state index >= 15 is 0 Å². The number of amides is 1. The van der Waals surface area contributed by atoms with E-state index in [1.807, 2.05) is 6.92 Å². The van der Waals surface area contributed by atoms with Gasteiger partial charge in [-0.05, 0) is 62.2 Å². The molecule has 0 saturated carbocycles. The number of carbonyl (C=O) groups is 2. The molecule has 1 atom stereocenters. The van der Waals surface area contributed by atoms with E-state index in [0.717, 1.165) is 24.8 Å². The largest absolute Gasteiger partial charge is 0.479 e. The summed E-state index contributed by atoms with van der Waals surface area (Å²) in [6.45, 7) is 5.98. The SMILES string of the molecule is CCCCCOC(=O)C(C)Oc1ccc(C(=O)Nc2cccc(Cl)c2C)cc1. The predicted octanol–water partition coefficient (Wildman–Crippen LogP) is 5.40. The molecule has 1 N–H and O–H groups in total. The van der Waals surface area contributed by atoms with Gasteiger partial charge < -0.3 is 14.8 Å². The van der Waals surface area contributed by atoms with Crippen molar-refractivity contribution >= 4 is 29.2 Å². The average Bonchev–Trinajstić information content (AvgIpc) is 2.69. The zero-order valence-corrected chi connectivity index (χ0v) is 17.2. The highest BCUT2D eigenvalue weighted by Crippen LogP contribution is 2.24. The molecule has 0 aliphatic rings. The Morgan fingerprint density at radius 2 is 1.82 bits per heavy atom. The molecule has 1 unspecified atom stereocenters. The first kappa shape index (κ1) is 21.8. The molecule has 28 heavy (non-hydrogen) atoms. The molecule has 0 heterocycles. The molecule has 150 valence electrons. The van der Waals surface area contributed by atoms with Gasteiger partial charge in [0.2, 0.25) is 0 Å². The van der Waals surface area contributed by atoms with Crippen molar-refractivity contribution in [3.05, 3.63) is 58.6 Å². The Morgan fingerprint density at radius 3 is 2.50 bits per heavy atom. The first-order valence-electron chi connectivity index (χ1n) is 9.42. The van der Waals surface area contributed by atoms with Crippen LogP contribution in [0.25, 0.3) is 0 Å². The summed E-state index contributed by atoms with van der Waals surface area (Å²) in [5.74, 6) is -0.150. The number of halogens is 1. The minimum atomic E-state index is -0.713. The van der Waals surface area contributed by atoms with Gasteiger partial charge >= 0.3 is 5.97 Å². The van der Waals surface area contributed by atoms with Crippen LogP contribution in [0, 0.1) is 6.92 Å². The molecule has 5 nitrogen and oxygen atoms in total. The van der Waals surface area contributed by atoms with E-state index in [9.17, 15) is 9.59 Å². The van der Waals surface area contributed by atoms with Crippen molar-refractivity contribution in [1.29, 1.82) is 0 Å². The number of esters is 1. The van der Waals surface area contributed by atoms with E-state index in [1.165, 1.54) is 0 Å². The second-order valence-corrected chi connectivity index (χ2v) is 6.93. The summed E-state index contributed by atoms with van der Waals surface area (Å²) in [6.07, 6.45) is 2.24. The highest BCUT2D eigenvalue weighted by Gasteiger charge is 2.16. The third-order valence-electron chi connectivity index (χ3n) is 4.27. The predicted molar refractivity (Wildman–Crippen MR) is 111 cm³/mol. The zero-order chi connectivity index (χ0) is 20.5. The molecule has 2 rings (SSSR count). The highest BCUT2D eigenvalue weighted by molar-refractivity contribution is 6.31. The molecular weight excluding hydrogens is 378 g/mol. The second-order valence-electron chi connectivity index (χ2n) is 6.53. The quantitative estimate of drug-likeness (QED) is 0.449. The van der Waals surface area contributed by atoms with Crippen molar-refractivity contribution in [3.63, 3.8) is 0 Å². The van der Waals surface area contributed by atoms with Gasteiger partial charge in [0, 0.05) is 16.3 Å². The third kappa shape index (κ3) is 6.27. The number of rotatable bonds is 9. The van der Waals surface area contributed by atoms with E-state index in [-0.39, 0.29) is 5.91 Å². The fourth-order valence-electron chi connectivity index (χ4n) is 2.52. The fraction of sp³-hybridized carbons (Fsp3) is 0.364. The minimum absolute atomic E-state index is 0.250. The lowest BCUT2D eigenvalue weighted by molar-refractivity contribution is -0.151. The number of hydrogen-bond donors (Lipinski definition) is 1. The first-order valence-corrected chi connectivity index (χ1v) is 9.80. The third-order valence-corrected chi connectivity index (χ3v) is 4.68. The molecule has 0 fully saturated rings. The van der Waals surface area contributed by atoms with Crippen LogP contribution in [-0.2, 0) is 9.53 Å². The summed E-state index contributed by atoms with van der Waals surface area (Å²) in [4.78, 5) is 24.3. The van der Waals surface area contributed by atoms with Gasteiger partial charge in [-0.1, -0.05) is 37.4 Å². The number of carbonyl (C=O) groups excluding carboxylic acids is 2. The lowest BCUT2D eigenvalue weighted by Crippen LogP contribution is -2.26. The van der Waals surface area contributed by atoms with Gasteiger partial charge in [0.25, 0.3) is 5.91 Å². The Hall–Kier alpha value is -2.53. The molecule has 2 aromatic carbocycles. The molecule has 0 aliphatic carbocycles. The number of benzene rings is 2. The van der Waals surface area contributed by atoms with E-state index in [2.05, 4.69) is 12.2 Å². The van der Waals surface area contributed by atoms with Gasteiger partial charge in [-0.25, -0.2) is 4.79 Å². The molecule has 0 spiro atoms. The van der Waals surface area contributed by atoms with E-state index < -0.39 is 12.1 Å². The van der Waals surface area contributed by atoms with Gasteiger partial charge in [-0.2, -0.15) is 0 Å². The first-order chi connectivity index (χ1) is 13.4. The van der Waals surface area contributed by atoms with E-state index in [4.69, 9.17) is 21.1 Å². The highest BCUT2D eigenvalue weighted by atomic mass is 35.5. The van der Waals surface area contributed by atoms with Crippen molar-refractivity contribution in [1.82, 2.24) is 0 Å². The standard InChI is InChI=1S/C22H26ClNO4/c1-4-5-6-14-27-22(26)16(3)28-18-12-10-17(11-13-18)21(25)24-20-9-7-8-19(23)15(20)2/h7-13,16H,4-6,14H2,1-3H3,(H,24,25). The Labute approximate surface area is 171 Å². The maximum atomic E-state index is 12.4. The summed E-state index contributed by atoms with van der Waals surface area (Å²) in [5, 5.41) is 3.44. The van der Waals surface area contributed by atoms with Crippen molar-refractivity contribution in [2.45, 2.75) is 46.1 Å². The minimum Gasteiger partial charge on any atom is -0.479 e. The number of ether oxygens (including phenoxy) is 2. The van der Waals surface area contributed by atoms with Gasteiger partial charge in [0.15, 0.2) is 6.10 Å². The van der Waals surface area contributed by atoms with Gasteiger partial charge in [0.05, 0.1) is 6.61 Å². The summed E-state index contributed by atoms with van der Waals surface area (Å²) < 4.78 is 10.8. The van der Waals surface area contributed by atoms with Crippen molar-refractivity contribution in [3.8, 4) is 5.75 Å². The average molecular weight is 404 g/mol. The van der Waals surface area contributed by atoms with E-state index in [1.54, 1.807) is 49.4 Å². The van der Waals surface area contributed by atoms with Crippen LogP contribution in [-0.4, -0.2) is 24.6 Å². The Morgan fingerprint density at radius 1 is 1.11 bits per heavy atom. The maximum absolute atomic E-state index is 12.4.